The molecule has 0 saturated carbocycles. The average molecular weight is 420 g/mol. The second kappa shape index (κ2) is 6.56. The van der Waals surface area contributed by atoms with E-state index in [2.05, 4.69) is 42.2 Å². The predicted molar refractivity (Wildman–Crippen MR) is 85.6 cm³/mol. The molecule has 0 bridgehead atoms. The van der Waals surface area contributed by atoms with Crippen molar-refractivity contribution in [3.8, 4) is 5.75 Å². The molecule has 4 nitrogen and oxygen atoms in total. The van der Waals surface area contributed by atoms with Gasteiger partial charge in [0.15, 0.2) is 0 Å². The number of rotatable bonds is 3. The number of benzene rings is 1. The van der Waals surface area contributed by atoms with E-state index in [1.54, 1.807) is 31.4 Å². The quantitative estimate of drug-likeness (QED) is 0.743. The van der Waals surface area contributed by atoms with Gasteiger partial charge in [0.2, 0.25) is 0 Å². The number of nitrogens with zero attached hydrogens (tertiary/aromatic N) is 1. The summed E-state index contributed by atoms with van der Waals surface area (Å²) in [5.74, 6) is 0.289. The van der Waals surface area contributed by atoms with Crippen molar-refractivity contribution in [3.63, 3.8) is 0 Å². The van der Waals surface area contributed by atoms with Gasteiger partial charge in [0.1, 0.15) is 10.9 Å². The summed E-state index contributed by atoms with van der Waals surface area (Å²) in [7, 11) is 1.56. The number of hydrogen-bond donors (Lipinski definition) is 1. The van der Waals surface area contributed by atoms with E-state index in [4.69, 9.17) is 16.3 Å². The first kappa shape index (κ1) is 15.3. The molecule has 104 valence electrons. The number of anilines is 1. The molecule has 1 amide bonds. The van der Waals surface area contributed by atoms with Gasteiger partial charge in [0, 0.05) is 26.9 Å². The number of nitrogens with one attached hydrogen (secondary N) is 1. The molecule has 20 heavy (non-hydrogen) atoms. The number of methoxy groups -OCH3 is 1. The molecule has 0 aliphatic rings. The van der Waals surface area contributed by atoms with Gasteiger partial charge in [-0.2, -0.15) is 0 Å². The van der Waals surface area contributed by atoms with E-state index >= 15 is 0 Å². The zero-order valence-corrected chi connectivity index (χ0v) is 14.2. The third kappa shape index (κ3) is 3.71. The number of aromatic nitrogens is 1. The Labute approximate surface area is 137 Å². The lowest BCUT2D eigenvalue weighted by Gasteiger charge is -2.09. The van der Waals surface area contributed by atoms with Gasteiger partial charge in [-0.25, -0.2) is 4.98 Å². The summed E-state index contributed by atoms with van der Waals surface area (Å²) in [5.41, 5.74) is 0.886. The molecule has 0 aliphatic heterocycles. The minimum Gasteiger partial charge on any atom is -0.497 e. The highest BCUT2D eigenvalue weighted by molar-refractivity contribution is 9.10. The molecule has 0 atom stereocenters. The van der Waals surface area contributed by atoms with E-state index in [9.17, 15) is 4.79 Å². The van der Waals surface area contributed by atoms with Crippen LogP contribution in [0.2, 0.25) is 5.15 Å². The molecule has 0 radical (unpaired) electrons. The standard InChI is InChI=1S/C13H9Br2ClN2O2/c1-20-10-3-7(14)2-9(5-10)18-13(19)11-4-8(15)6-17-12(11)16/h2-6H,1H3,(H,18,19). The van der Waals surface area contributed by atoms with Crippen molar-refractivity contribution < 1.29 is 9.53 Å². The molecule has 2 rings (SSSR count). The van der Waals surface area contributed by atoms with Crippen LogP contribution in [0.1, 0.15) is 10.4 Å². The molecular weight excluding hydrogens is 411 g/mol. The minimum atomic E-state index is -0.344. The van der Waals surface area contributed by atoms with E-state index in [1.165, 1.54) is 6.20 Å². The maximum Gasteiger partial charge on any atom is 0.258 e. The Morgan fingerprint density at radius 3 is 2.70 bits per heavy atom. The zero-order valence-electron chi connectivity index (χ0n) is 10.3. The van der Waals surface area contributed by atoms with Crippen LogP contribution >= 0.6 is 43.5 Å². The highest BCUT2D eigenvalue weighted by Gasteiger charge is 2.13. The third-order valence-electron chi connectivity index (χ3n) is 2.42. The Balaban J connectivity index is 2.27. The summed E-state index contributed by atoms with van der Waals surface area (Å²) >= 11 is 12.5. The average Bonchev–Trinajstić information content (AvgIpc) is 2.40. The zero-order chi connectivity index (χ0) is 14.7. The van der Waals surface area contributed by atoms with Gasteiger partial charge in [-0.1, -0.05) is 27.5 Å². The maximum atomic E-state index is 12.2. The lowest BCUT2D eigenvalue weighted by atomic mass is 10.2. The monoisotopic (exact) mass is 418 g/mol. The first-order valence-corrected chi connectivity index (χ1v) is 7.43. The maximum absolute atomic E-state index is 12.2. The van der Waals surface area contributed by atoms with Crippen LogP contribution in [0, 0.1) is 0 Å². The summed E-state index contributed by atoms with van der Waals surface area (Å²) < 4.78 is 6.61. The molecule has 2 aromatic rings. The predicted octanol–water partition coefficient (Wildman–Crippen LogP) is 4.52. The van der Waals surface area contributed by atoms with Gasteiger partial charge in [-0.15, -0.1) is 0 Å². The minimum absolute atomic E-state index is 0.146. The molecule has 0 aliphatic carbocycles. The highest BCUT2D eigenvalue weighted by atomic mass is 79.9. The van der Waals surface area contributed by atoms with Crippen molar-refractivity contribution in [2.24, 2.45) is 0 Å². The van der Waals surface area contributed by atoms with Crippen LogP contribution < -0.4 is 10.1 Å². The van der Waals surface area contributed by atoms with Crippen molar-refractivity contribution in [1.29, 1.82) is 0 Å². The summed E-state index contributed by atoms with van der Waals surface area (Å²) in [6.45, 7) is 0. The van der Waals surface area contributed by atoms with Crippen LogP contribution in [0.15, 0.2) is 39.4 Å². The van der Waals surface area contributed by atoms with Gasteiger partial charge in [-0.05, 0) is 34.1 Å². The Kier molecular flexibility index (Phi) is 5.01. The molecule has 0 saturated heterocycles. The van der Waals surface area contributed by atoms with E-state index in [0.29, 0.717) is 21.5 Å². The second-order valence-electron chi connectivity index (χ2n) is 3.83. The van der Waals surface area contributed by atoms with Crippen LogP contribution in [-0.2, 0) is 0 Å². The largest absolute Gasteiger partial charge is 0.497 e. The molecule has 0 unspecified atom stereocenters. The summed E-state index contributed by atoms with van der Waals surface area (Å²) in [6.07, 6.45) is 1.53. The van der Waals surface area contributed by atoms with Crippen molar-refractivity contribution in [3.05, 3.63) is 50.1 Å². The number of pyridine rings is 1. The summed E-state index contributed by atoms with van der Waals surface area (Å²) in [5, 5.41) is 2.89. The molecule has 1 aromatic carbocycles. The molecule has 0 fully saturated rings. The van der Waals surface area contributed by atoms with Crippen molar-refractivity contribution in [2.45, 2.75) is 0 Å². The van der Waals surface area contributed by atoms with Crippen LogP contribution in [0.3, 0.4) is 0 Å². The van der Waals surface area contributed by atoms with Crippen molar-refractivity contribution in [2.75, 3.05) is 12.4 Å². The van der Waals surface area contributed by atoms with E-state index in [1.807, 2.05) is 0 Å². The third-order valence-corrected chi connectivity index (χ3v) is 3.61. The number of carbonyl (C=O) groups is 1. The number of halogens is 3. The second-order valence-corrected chi connectivity index (χ2v) is 6.02. The molecule has 0 spiro atoms. The van der Waals surface area contributed by atoms with Crippen LogP contribution in [0.5, 0.6) is 5.75 Å². The molecule has 1 heterocycles. The number of amides is 1. The summed E-state index contributed by atoms with van der Waals surface area (Å²) in [6, 6.07) is 6.88. The van der Waals surface area contributed by atoms with Gasteiger partial charge in [0.05, 0.1) is 12.7 Å². The van der Waals surface area contributed by atoms with Crippen LogP contribution in [-0.4, -0.2) is 18.0 Å². The fraction of sp³-hybridized carbons (Fsp3) is 0.0769. The molecule has 1 N–H and O–H groups in total. The number of carbonyl (C=O) groups excluding carboxylic acids is 1. The smallest absolute Gasteiger partial charge is 0.258 e. The first-order valence-electron chi connectivity index (χ1n) is 5.46. The van der Waals surface area contributed by atoms with Crippen LogP contribution in [0.25, 0.3) is 0 Å². The van der Waals surface area contributed by atoms with E-state index in [-0.39, 0.29) is 11.1 Å². The van der Waals surface area contributed by atoms with E-state index in [0.717, 1.165) is 4.47 Å². The lowest BCUT2D eigenvalue weighted by molar-refractivity contribution is 0.102. The Morgan fingerprint density at radius 1 is 1.25 bits per heavy atom. The SMILES string of the molecule is COc1cc(Br)cc(NC(=O)c2cc(Br)cnc2Cl)c1. The number of hydrogen-bond acceptors (Lipinski definition) is 3. The summed E-state index contributed by atoms with van der Waals surface area (Å²) in [4.78, 5) is 16.1. The van der Waals surface area contributed by atoms with Crippen LogP contribution in [0.4, 0.5) is 5.69 Å². The Bertz CT molecular complexity index is 665. The Hall–Kier alpha value is -1.11. The van der Waals surface area contributed by atoms with Gasteiger partial charge < -0.3 is 10.1 Å². The van der Waals surface area contributed by atoms with Crippen molar-refractivity contribution >= 4 is 55.1 Å². The molecule has 7 heteroatoms. The topological polar surface area (TPSA) is 51.2 Å². The highest BCUT2D eigenvalue weighted by Crippen LogP contribution is 2.26. The first-order chi connectivity index (χ1) is 9.49. The lowest BCUT2D eigenvalue weighted by Crippen LogP contribution is -2.13. The van der Waals surface area contributed by atoms with E-state index < -0.39 is 0 Å². The fourth-order valence-electron chi connectivity index (χ4n) is 1.53. The van der Waals surface area contributed by atoms with Gasteiger partial charge in [-0.3, -0.25) is 4.79 Å². The normalized spacial score (nSPS) is 10.2. The molecule has 1 aromatic heterocycles. The van der Waals surface area contributed by atoms with Crippen molar-refractivity contribution in [1.82, 2.24) is 4.98 Å². The molecular formula is C13H9Br2ClN2O2. The number of ether oxygens (including phenoxy) is 1. The van der Waals surface area contributed by atoms with Gasteiger partial charge in [0.25, 0.3) is 5.91 Å². The van der Waals surface area contributed by atoms with Gasteiger partial charge >= 0.3 is 0 Å². The fourth-order valence-corrected chi connectivity index (χ4v) is 2.53. The Morgan fingerprint density at radius 2 is 2.00 bits per heavy atom.